The third kappa shape index (κ3) is 7.53. The molecule has 2 amide bonds. The molecular weight excluding hydrogens is 486 g/mol. The van der Waals surface area contributed by atoms with E-state index in [1.165, 1.54) is 25.3 Å². The Morgan fingerprint density at radius 1 is 1.22 bits per heavy atom. The van der Waals surface area contributed by atoms with Crippen LogP contribution in [0.5, 0.6) is 0 Å². The molecule has 1 aromatic rings. The van der Waals surface area contributed by atoms with Gasteiger partial charge < -0.3 is 15.5 Å². The molecule has 1 aromatic carbocycles. The van der Waals surface area contributed by atoms with E-state index in [1.54, 1.807) is 46.2 Å². The van der Waals surface area contributed by atoms with Gasteiger partial charge >= 0.3 is 6.18 Å². The smallest absolute Gasteiger partial charge is 0.355 e. The van der Waals surface area contributed by atoms with Gasteiger partial charge in [0.25, 0.3) is 5.91 Å². The summed E-state index contributed by atoms with van der Waals surface area (Å²) in [5.41, 5.74) is -0.304. The van der Waals surface area contributed by atoms with E-state index < -0.39 is 35.1 Å². The van der Waals surface area contributed by atoms with Crippen LogP contribution in [0.1, 0.15) is 47.7 Å². The molecule has 204 valence electrons. The first kappa shape index (κ1) is 30.3. The lowest BCUT2D eigenvalue weighted by molar-refractivity contribution is -0.199. The third-order valence-corrected chi connectivity index (χ3v) is 7.09. The average Bonchev–Trinajstić information content (AvgIpc) is 3.63. The van der Waals surface area contributed by atoms with Gasteiger partial charge in [0, 0.05) is 32.0 Å². The van der Waals surface area contributed by atoms with E-state index in [4.69, 9.17) is 0 Å². The molecule has 0 heterocycles. The highest BCUT2D eigenvalue weighted by Gasteiger charge is 2.67. The third-order valence-electron chi connectivity index (χ3n) is 7.09. The van der Waals surface area contributed by atoms with Crippen molar-refractivity contribution < 1.29 is 27.2 Å². The van der Waals surface area contributed by atoms with Gasteiger partial charge in [0.05, 0.1) is 11.0 Å². The normalized spacial score (nSPS) is 16.7. The molecule has 2 rings (SSSR count). The van der Waals surface area contributed by atoms with Crippen LogP contribution in [0.2, 0.25) is 0 Å². The summed E-state index contributed by atoms with van der Waals surface area (Å²) in [4.78, 5) is 26.6. The molecular formula is C28H37F4N3O2. The predicted octanol–water partition coefficient (Wildman–Crippen LogP) is 5.12. The molecule has 2 N–H and O–H groups in total. The summed E-state index contributed by atoms with van der Waals surface area (Å²) in [7, 11) is 5.04. The Labute approximate surface area is 216 Å². The predicted molar refractivity (Wildman–Crippen MR) is 138 cm³/mol. The summed E-state index contributed by atoms with van der Waals surface area (Å²) in [5, 5.41) is 5.18. The van der Waals surface area contributed by atoms with Crippen LogP contribution in [0.15, 0.2) is 48.6 Å². The van der Waals surface area contributed by atoms with Crippen LogP contribution in [0.25, 0.3) is 0 Å². The van der Waals surface area contributed by atoms with Gasteiger partial charge in [0.15, 0.2) is 0 Å². The van der Waals surface area contributed by atoms with E-state index in [0.717, 1.165) is 5.56 Å². The number of alkyl halides is 3. The zero-order valence-electron chi connectivity index (χ0n) is 22.1. The first-order chi connectivity index (χ1) is 17.3. The summed E-state index contributed by atoms with van der Waals surface area (Å²) >= 11 is 0. The van der Waals surface area contributed by atoms with Crippen molar-refractivity contribution >= 4 is 11.8 Å². The molecule has 0 bridgehead atoms. The van der Waals surface area contributed by atoms with Crippen molar-refractivity contribution in [3.63, 3.8) is 0 Å². The van der Waals surface area contributed by atoms with Gasteiger partial charge in [-0.1, -0.05) is 36.5 Å². The molecule has 37 heavy (non-hydrogen) atoms. The molecule has 1 aliphatic rings. The Morgan fingerprint density at radius 2 is 1.86 bits per heavy atom. The highest BCUT2D eigenvalue weighted by Crippen LogP contribution is 2.64. The minimum Gasteiger partial charge on any atom is -0.355 e. The Bertz CT molecular complexity index is 1060. The van der Waals surface area contributed by atoms with Crippen molar-refractivity contribution in [3.05, 3.63) is 71.1 Å². The van der Waals surface area contributed by atoms with Crippen LogP contribution >= 0.6 is 0 Å². The van der Waals surface area contributed by atoms with E-state index >= 15 is 0 Å². The molecule has 0 aromatic heterocycles. The van der Waals surface area contributed by atoms with Crippen molar-refractivity contribution in [2.75, 3.05) is 27.7 Å². The molecule has 9 heteroatoms. The molecule has 1 fully saturated rings. The largest absolute Gasteiger partial charge is 0.395 e. The van der Waals surface area contributed by atoms with Crippen LogP contribution in [-0.4, -0.2) is 56.6 Å². The van der Waals surface area contributed by atoms with Gasteiger partial charge in [0.2, 0.25) is 5.91 Å². The van der Waals surface area contributed by atoms with E-state index in [-0.39, 0.29) is 43.0 Å². The number of benzene rings is 1. The van der Waals surface area contributed by atoms with E-state index in [0.29, 0.717) is 12.0 Å². The number of nitrogens with one attached hydrogen (secondary N) is 2. The number of hydrogen-bond acceptors (Lipinski definition) is 3. The standard InChI is InChI=1S/C28H37F4N3O2/c1-7-8-9-10-18(2)23(27(11-12-27)28(30,31)32)16-25(36)34-17-21(35(5)6)14-20-15-24(29)22(13-19(20)3)26(37)33-4/h7-10,13,15,21,23H,2,11-12,14,16-17H2,1,3-6H3,(H,33,37)(H,34,36)/b8-7-,10-9-/t21-,23-/m0/s1. The van der Waals surface area contributed by atoms with E-state index in [2.05, 4.69) is 17.2 Å². The van der Waals surface area contributed by atoms with Gasteiger partial charge in [-0.05, 0) is 70.5 Å². The number of carbonyl (C=O) groups is 2. The number of carbonyl (C=O) groups excluding carboxylic acids is 2. The summed E-state index contributed by atoms with van der Waals surface area (Å²) in [6.07, 6.45) is 2.18. The number of amides is 2. The maximum atomic E-state index is 14.5. The van der Waals surface area contributed by atoms with Crippen LogP contribution in [0, 0.1) is 24.1 Å². The lowest BCUT2D eigenvalue weighted by Gasteiger charge is -2.30. The van der Waals surface area contributed by atoms with Crippen molar-refractivity contribution in [1.82, 2.24) is 15.5 Å². The molecule has 1 aliphatic carbocycles. The Hall–Kier alpha value is -2.94. The molecule has 0 aliphatic heterocycles. The van der Waals surface area contributed by atoms with Gasteiger partial charge in [-0.2, -0.15) is 13.2 Å². The fourth-order valence-corrected chi connectivity index (χ4v) is 4.48. The highest BCUT2D eigenvalue weighted by molar-refractivity contribution is 5.94. The summed E-state index contributed by atoms with van der Waals surface area (Å²) in [6.45, 7) is 7.58. The van der Waals surface area contributed by atoms with Crippen LogP contribution in [0.3, 0.4) is 0 Å². The second-order valence-electron chi connectivity index (χ2n) is 9.83. The van der Waals surface area contributed by atoms with Crippen molar-refractivity contribution in [1.29, 1.82) is 0 Å². The van der Waals surface area contributed by atoms with Gasteiger partial charge in [-0.25, -0.2) is 4.39 Å². The molecule has 0 spiro atoms. The number of likely N-dealkylation sites (N-methyl/N-ethyl adjacent to an activating group) is 1. The summed E-state index contributed by atoms with van der Waals surface area (Å²) < 4.78 is 56.2. The lowest BCUT2D eigenvalue weighted by Crippen LogP contribution is -2.43. The maximum absolute atomic E-state index is 14.5. The molecule has 1 saturated carbocycles. The Morgan fingerprint density at radius 3 is 2.38 bits per heavy atom. The fraction of sp³-hybridized carbons (Fsp3) is 0.500. The topological polar surface area (TPSA) is 61.4 Å². The van der Waals surface area contributed by atoms with Crippen LogP contribution < -0.4 is 10.6 Å². The lowest BCUT2D eigenvalue weighted by atomic mass is 9.80. The number of rotatable bonds is 12. The zero-order valence-corrected chi connectivity index (χ0v) is 22.1. The average molecular weight is 524 g/mol. The number of allylic oxidation sites excluding steroid dienone is 5. The minimum atomic E-state index is -4.43. The number of hydrogen-bond donors (Lipinski definition) is 2. The Balaban J connectivity index is 2.14. The summed E-state index contributed by atoms with van der Waals surface area (Å²) in [5.74, 6) is -2.71. The molecule has 0 radical (unpaired) electrons. The monoisotopic (exact) mass is 523 g/mol. The first-order valence-corrected chi connectivity index (χ1v) is 12.3. The van der Waals surface area contributed by atoms with Gasteiger partial charge in [-0.15, -0.1) is 0 Å². The second-order valence-corrected chi connectivity index (χ2v) is 9.83. The van der Waals surface area contributed by atoms with Crippen LogP contribution in [-0.2, 0) is 11.2 Å². The molecule has 0 unspecified atom stereocenters. The molecule has 2 atom stereocenters. The molecule has 0 saturated heterocycles. The number of nitrogens with zero attached hydrogens (tertiary/aromatic N) is 1. The first-order valence-electron chi connectivity index (χ1n) is 12.3. The van der Waals surface area contributed by atoms with Crippen molar-refractivity contribution in [2.45, 2.75) is 51.7 Å². The second kappa shape index (κ2) is 12.5. The Kier molecular flexibility index (Phi) is 10.3. The number of halogens is 4. The zero-order chi connectivity index (χ0) is 28.0. The van der Waals surface area contributed by atoms with Crippen LogP contribution in [0.4, 0.5) is 17.6 Å². The molecule has 5 nitrogen and oxygen atoms in total. The highest BCUT2D eigenvalue weighted by atomic mass is 19.4. The quantitative estimate of drug-likeness (QED) is 0.295. The van der Waals surface area contributed by atoms with Gasteiger partial charge in [-0.3, -0.25) is 9.59 Å². The van der Waals surface area contributed by atoms with Crippen molar-refractivity contribution in [3.8, 4) is 0 Å². The fourth-order valence-electron chi connectivity index (χ4n) is 4.48. The maximum Gasteiger partial charge on any atom is 0.395 e. The number of aryl methyl sites for hydroxylation is 1. The van der Waals surface area contributed by atoms with E-state index in [1.807, 2.05) is 4.90 Å². The van der Waals surface area contributed by atoms with E-state index in [9.17, 15) is 27.2 Å². The summed E-state index contributed by atoms with van der Waals surface area (Å²) in [6, 6.07) is 2.55. The minimum absolute atomic E-state index is 0.0257. The van der Waals surface area contributed by atoms with Gasteiger partial charge in [0.1, 0.15) is 5.82 Å². The SMILES string of the molecule is C=C(/C=C\C=C/C)[C@H](CC(=O)NC[C@H](Cc1cc(F)c(C(=O)NC)cc1C)N(C)C)C1(C(F)(F)F)CC1. The van der Waals surface area contributed by atoms with Crippen molar-refractivity contribution in [2.24, 2.45) is 11.3 Å².